The second-order valence-corrected chi connectivity index (χ2v) is 8.58. The first-order valence-corrected chi connectivity index (χ1v) is 11.2. The molecule has 0 spiro atoms. The van der Waals surface area contributed by atoms with E-state index in [9.17, 15) is 8.42 Å². The number of anilines is 1. The van der Waals surface area contributed by atoms with Gasteiger partial charge in [-0.1, -0.05) is 30.3 Å². The molecule has 5 rings (SSSR count). The van der Waals surface area contributed by atoms with Crippen LogP contribution in [0.1, 0.15) is 5.82 Å². The van der Waals surface area contributed by atoms with Crippen molar-refractivity contribution in [3.8, 4) is 22.5 Å². The molecule has 0 amide bonds. The van der Waals surface area contributed by atoms with Crippen LogP contribution in [0, 0.1) is 0 Å². The monoisotopic (exact) mass is 446 g/mol. The maximum atomic E-state index is 11.8. The van der Waals surface area contributed by atoms with Gasteiger partial charge in [0, 0.05) is 42.1 Å². The van der Waals surface area contributed by atoms with Crippen LogP contribution in [0.5, 0.6) is 0 Å². The van der Waals surface area contributed by atoms with Crippen molar-refractivity contribution in [1.29, 1.82) is 0 Å². The topological polar surface area (TPSA) is 144 Å². The van der Waals surface area contributed by atoms with Crippen molar-refractivity contribution in [2.24, 2.45) is 5.14 Å². The SMILES string of the molecule is NS(=O)(=O)c1cncc(-c2nc(NCc3ncc[nH]3)c3c(-c4ccccc4)ccn3n2)c1. The summed E-state index contributed by atoms with van der Waals surface area (Å²) in [7, 11) is -3.91. The van der Waals surface area contributed by atoms with Crippen molar-refractivity contribution < 1.29 is 8.42 Å². The van der Waals surface area contributed by atoms with Gasteiger partial charge in [-0.05, 0) is 17.7 Å². The van der Waals surface area contributed by atoms with Crippen molar-refractivity contribution in [1.82, 2.24) is 29.5 Å². The predicted molar refractivity (Wildman–Crippen MR) is 119 cm³/mol. The molecule has 0 fully saturated rings. The van der Waals surface area contributed by atoms with Gasteiger partial charge in [0.1, 0.15) is 16.2 Å². The smallest absolute Gasteiger partial charge is 0.239 e. The van der Waals surface area contributed by atoms with Gasteiger partial charge < -0.3 is 10.3 Å². The summed E-state index contributed by atoms with van der Waals surface area (Å²) in [5.74, 6) is 1.61. The largest absolute Gasteiger partial charge is 0.361 e. The number of H-pyrrole nitrogens is 1. The highest BCUT2D eigenvalue weighted by Crippen LogP contribution is 2.31. The van der Waals surface area contributed by atoms with E-state index in [1.54, 1.807) is 16.9 Å². The van der Waals surface area contributed by atoms with Gasteiger partial charge >= 0.3 is 0 Å². The zero-order valence-corrected chi connectivity index (χ0v) is 17.5. The fraction of sp³-hybridized carbons (Fsp3) is 0.0476. The third-order valence-corrected chi connectivity index (χ3v) is 5.75. The van der Waals surface area contributed by atoms with Crippen LogP contribution < -0.4 is 10.5 Å². The van der Waals surface area contributed by atoms with Crippen molar-refractivity contribution in [3.63, 3.8) is 0 Å². The minimum atomic E-state index is -3.91. The normalized spacial score (nSPS) is 11.7. The number of aromatic amines is 1. The summed E-state index contributed by atoms with van der Waals surface area (Å²) in [4.78, 5) is 15.9. The number of primary sulfonamides is 1. The molecule has 1 aromatic carbocycles. The van der Waals surface area contributed by atoms with Gasteiger partial charge in [-0.25, -0.2) is 28.0 Å². The minimum absolute atomic E-state index is 0.110. The summed E-state index contributed by atoms with van der Waals surface area (Å²) in [6.07, 6.45) is 7.94. The second-order valence-electron chi connectivity index (χ2n) is 7.02. The lowest BCUT2D eigenvalue weighted by Crippen LogP contribution is -2.13. The van der Waals surface area contributed by atoms with Crippen LogP contribution in [-0.4, -0.2) is 38.0 Å². The van der Waals surface area contributed by atoms with E-state index in [2.05, 4.69) is 25.4 Å². The number of nitrogens with one attached hydrogen (secondary N) is 2. The average molecular weight is 446 g/mol. The first-order chi connectivity index (χ1) is 15.5. The molecule has 0 saturated carbocycles. The Morgan fingerprint density at radius 1 is 1.09 bits per heavy atom. The minimum Gasteiger partial charge on any atom is -0.361 e. The van der Waals surface area contributed by atoms with E-state index < -0.39 is 10.0 Å². The van der Waals surface area contributed by atoms with E-state index in [4.69, 9.17) is 10.1 Å². The molecule has 0 saturated heterocycles. The first kappa shape index (κ1) is 19.8. The zero-order chi connectivity index (χ0) is 22.1. The average Bonchev–Trinajstić information content (AvgIpc) is 3.47. The Bertz CT molecular complexity index is 1500. The molecule has 0 bridgehead atoms. The number of nitrogens with two attached hydrogens (primary N) is 1. The van der Waals surface area contributed by atoms with Crippen LogP contribution in [-0.2, 0) is 16.6 Å². The van der Waals surface area contributed by atoms with Gasteiger partial charge in [0.05, 0.1) is 6.54 Å². The van der Waals surface area contributed by atoms with E-state index in [0.717, 1.165) is 22.5 Å². The fourth-order valence-electron chi connectivity index (χ4n) is 3.38. The molecule has 4 heterocycles. The van der Waals surface area contributed by atoms with Crippen LogP contribution >= 0.6 is 0 Å². The summed E-state index contributed by atoms with van der Waals surface area (Å²) in [6.45, 7) is 0.411. The number of hydrogen-bond donors (Lipinski definition) is 3. The quantitative estimate of drug-likeness (QED) is 0.363. The molecule has 4 aromatic heterocycles. The molecule has 32 heavy (non-hydrogen) atoms. The Balaban J connectivity index is 1.66. The summed E-state index contributed by atoms with van der Waals surface area (Å²) in [6, 6.07) is 13.3. The van der Waals surface area contributed by atoms with Crippen molar-refractivity contribution in [3.05, 3.63) is 79.3 Å². The standard InChI is InChI=1S/C21H18N8O2S/c22-32(30,31)16-10-15(11-23-12-16)20-27-21(26-13-18-24-7-8-25-18)19-17(6-9-29(19)28-20)14-4-2-1-3-5-14/h1-12H,13H2,(H,24,25)(H2,22,30,31)(H,26,27,28). The van der Waals surface area contributed by atoms with Crippen LogP contribution in [0.3, 0.4) is 0 Å². The molecule has 5 aromatic rings. The van der Waals surface area contributed by atoms with E-state index >= 15 is 0 Å². The van der Waals surface area contributed by atoms with E-state index in [1.165, 1.54) is 18.5 Å². The third-order valence-electron chi connectivity index (χ3n) is 4.87. The Morgan fingerprint density at radius 2 is 1.94 bits per heavy atom. The Labute approximate surface area is 183 Å². The molecule has 11 heteroatoms. The Kier molecular flexibility index (Phi) is 4.88. The number of aromatic nitrogens is 6. The third kappa shape index (κ3) is 3.82. The van der Waals surface area contributed by atoms with Gasteiger partial charge in [-0.2, -0.15) is 0 Å². The van der Waals surface area contributed by atoms with E-state index in [-0.39, 0.29) is 4.90 Å². The highest BCUT2D eigenvalue weighted by atomic mass is 32.2. The van der Waals surface area contributed by atoms with Crippen LogP contribution in [0.15, 0.2) is 78.3 Å². The highest BCUT2D eigenvalue weighted by molar-refractivity contribution is 7.89. The van der Waals surface area contributed by atoms with Gasteiger partial charge in [0.25, 0.3) is 0 Å². The molecule has 0 aliphatic rings. The lowest BCUT2D eigenvalue weighted by atomic mass is 10.1. The van der Waals surface area contributed by atoms with Gasteiger partial charge in [-0.3, -0.25) is 4.98 Å². The lowest BCUT2D eigenvalue weighted by molar-refractivity contribution is 0.597. The van der Waals surface area contributed by atoms with E-state index in [0.29, 0.717) is 23.8 Å². The van der Waals surface area contributed by atoms with Crippen molar-refractivity contribution in [2.45, 2.75) is 11.4 Å². The molecular formula is C21H18N8O2S. The number of rotatable bonds is 6. The van der Waals surface area contributed by atoms with Crippen LogP contribution in [0.4, 0.5) is 5.82 Å². The number of pyridine rings is 1. The van der Waals surface area contributed by atoms with Crippen LogP contribution in [0.2, 0.25) is 0 Å². The van der Waals surface area contributed by atoms with Crippen LogP contribution in [0.25, 0.3) is 28.0 Å². The first-order valence-electron chi connectivity index (χ1n) is 9.64. The van der Waals surface area contributed by atoms with Gasteiger partial charge in [0.15, 0.2) is 11.6 Å². The molecule has 0 aliphatic heterocycles. The summed E-state index contributed by atoms with van der Waals surface area (Å²) in [5.41, 5.74) is 3.18. The zero-order valence-electron chi connectivity index (χ0n) is 16.7. The molecular weight excluding hydrogens is 428 g/mol. The summed E-state index contributed by atoms with van der Waals surface area (Å²) >= 11 is 0. The fourth-order valence-corrected chi connectivity index (χ4v) is 3.88. The Hall–Kier alpha value is -4.09. The predicted octanol–water partition coefficient (Wildman–Crippen LogP) is 2.44. The second kappa shape index (κ2) is 7.87. The number of fused-ring (bicyclic) bond motifs is 1. The molecule has 0 unspecified atom stereocenters. The molecule has 0 aliphatic carbocycles. The van der Waals surface area contributed by atoms with Crippen molar-refractivity contribution >= 4 is 21.4 Å². The summed E-state index contributed by atoms with van der Waals surface area (Å²) < 4.78 is 25.2. The Morgan fingerprint density at radius 3 is 2.69 bits per heavy atom. The highest BCUT2D eigenvalue weighted by Gasteiger charge is 2.17. The van der Waals surface area contributed by atoms with Gasteiger partial charge in [0.2, 0.25) is 10.0 Å². The molecule has 4 N–H and O–H groups in total. The van der Waals surface area contributed by atoms with Crippen molar-refractivity contribution in [2.75, 3.05) is 5.32 Å². The molecule has 0 atom stereocenters. The van der Waals surface area contributed by atoms with E-state index in [1.807, 2.05) is 42.6 Å². The number of imidazole rings is 1. The number of nitrogens with zero attached hydrogens (tertiary/aromatic N) is 5. The number of benzene rings is 1. The summed E-state index contributed by atoms with van der Waals surface area (Å²) in [5, 5.41) is 13.2. The maximum absolute atomic E-state index is 11.8. The molecule has 160 valence electrons. The molecule has 0 radical (unpaired) electrons. The number of hydrogen-bond acceptors (Lipinski definition) is 7. The van der Waals surface area contributed by atoms with Gasteiger partial charge in [-0.15, -0.1) is 5.10 Å². The maximum Gasteiger partial charge on any atom is 0.239 e. The number of sulfonamides is 1. The lowest BCUT2D eigenvalue weighted by Gasteiger charge is -2.11. The molecule has 10 nitrogen and oxygen atoms in total.